The Bertz CT molecular complexity index is 914. The SMILES string of the molecule is CSc1nc2nc(C)c(CCC(=O)NCC3(N4CCCCC4)CCCCC3)c(C)n2n1. The topological polar surface area (TPSA) is 75.4 Å². The van der Waals surface area contributed by atoms with E-state index in [2.05, 4.69) is 25.3 Å². The van der Waals surface area contributed by atoms with Gasteiger partial charge in [0, 0.05) is 29.9 Å². The van der Waals surface area contributed by atoms with Crippen molar-refractivity contribution in [3.63, 3.8) is 0 Å². The minimum absolute atomic E-state index is 0.143. The fourth-order valence-electron chi connectivity index (χ4n) is 5.41. The largest absolute Gasteiger partial charge is 0.354 e. The van der Waals surface area contributed by atoms with Crippen molar-refractivity contribution in [3.05, 3.63) is 17.0 Å². The van der Waals surface area contributed by atoms with Gasteiger partial charge in [0.1, 0.15) is 0 Å². The maximum Gasteiger partial charge on any atom is 0.253 e. The normalized spacial score (nSPS) is 19.6. The quantitative estimate of drug-likeness (QED) is 0.656. The van der Waals surface area contributed by atoms with Gasteiger partial charge >= 0.3 is 0 Å². The van der Waals surface area contributed by atoms with Crippen LogP contribution in [-0.4, -0.2) is 61.8 Å². The van der Waals surface area contributed by atoms with Gasteiger partial charge in [0.15, 0.2) is 0 Å². The van der Waals surface area contributed by atoms with Gasteiger partial charge in [0.25, 0.3) is 5.78 Å². The molecule has 0 unspecified atom stereocenters. The molecule has 2 aromatic heterocycles. The molecule has 2 aromatic rings. The fourth-order valence-corrected chi connectivity index (χ4v) is 5.75. The van der Waals surface area contributed by atoms with Crippen molar-refractivity contribution in [3.8, 4) is 0 Å². The monoisotopic (exact) mass is 444 g/mol. The predicted molar refractivity (Wildman–Crippen MR) is 125 cm³/mol. The van der Waals surface area contributed by atoms with Gasteiger partial charge in [-0.2, -0.15) is 4.98 Å². The summed E-state index contributed by atoms with van der Waals surface area (Å²) in [7, 11) is 0. The van der Waals surface area contributed by atoms with Gasteiger partial charge in [-0.15, -0.1) is 5.10 Å². The minimum atomic E-state index is 0.143. The lowest BCUT2D eigenvalue weighted by Gasteiger charge is -2.48. The number of piperidine rings is 1. The second-order valence-electron chi connectivity index (χ2n) is 9.18. The molecule has 1 saturated heterocycles. The van der Waals surface area contributed by atoms with Gasteiger partial charge in [-0.3, -0.25) is 9.69 Å². The number of thioether (sulfide) groups is 1. The van der Waals surface area contributed by atoms with Crippen LogP contribution < -0.4 is 5.32 Å². The van der Waals surface area contributed by atoms with Crippen LogP contribution in [0.2, 0.25) is 0 Å². The molecule has 2 aliphatic rings. The van der Waals surface area contributed by atoms with Crippen LogP contribution in [0.1, 0.15) is 74.7 Å². The Balaban J connectivity index is 1.39. The van der Waals surface area contributed by atoms with E-state index < -0.39 is 0 Å². The van der Waals surface area contributed by atoms with E-state index in [0.29, 0.717) is 18.6 Å². The lowest BCUT2D eigenvalue weighted by molar-refractivity contribution is -0.122. The van der Waals surface area contributed by atoms with E-state index in [1.54, 1.807) is 4.52 Å². The Morgan fingerprint density at radius 2 is 1.77 bits per heavy atom. The molecule has 1 aliphatic heterocycles. The Morgan fingerprint density at radius 3 is 2.48 bits per heavy atom. The molecule has 0 atom stereocenters. The number of likely N-dealkylation sites (tertiary alicyclic amines) is 1. The molecule has 0 radical (unpaired) electrons. The molecule has 8 heteroatoms. The van der Waals surface area contributed by atoms with Crippen LogP contribution in [0.4, 0.5) is 0 Å². The zero-order chi connectivity index (χ0) is 21.8. The van der Waals surface area contributed by atoms with Crippen molar-refractivity contribution in [2.75, 3.05) is 25.9 Å². The number of carbonyl (C=O) groups excluding carboxylic acids is 1. The standard InChI is InChI=1S/C23H36N6OS/c1-17-19(18(2)29-21(25-17)26-22(27-29)31-3)10-11-20(30)24-16-23(12-6-4-7-13-23)28-14-8-5-9-15-28/h4-16H2,1-3H3,(H,24,30). The lowest BCUT2D eigenvalue weighted by atomic mass is 9.79. The van der Waals surface area contributed by atoms with Crippen molar-refractivity contribution in [1.29, 1.82) is 0 Å². The van der Waals surface area contributed by atoms with Crippen LogP contribution in [0.3, 0.4) is 0 Å². The van der Waals surface area contributed by atoms with E-state index in [9.17, 15) is 4.79 Å². The van der Waals surface area contributed by atoms with Gasteiger partial charge in [-0.25, -0.2) is 9.50 Å². The third kappa shape index (κ3) is 4.90. The van der Waals surface area contributed by atoms with Gasteiger partial charge < -0.3 is 5.32 Å². The van der Waals surface area contributed by atoms with Crippen LogP contribution in [0.25, 0.3) is 5.78 Å². The van der Waals surface area contributed by atoms with Crippen LogP contribution in [0.15, 0.2) is 5.16 Å². The van der Waals surface area contributed by atoms with Gasteiger partial charge in [-0.05, 0) is 70.9 Å². The maximum atomic E-state index is 12.8. The summed E-state index contributed by atoms with van der Waals surface area (Å²) in [6.07, 6.45) is 13.4. The third-order valence-corrected chi connectivity index (χ3v) is 7.78. The fraction of sp³-hybridized carbons (Fsp3) is 0.739. The molecule has 1 saturated carbocycles. The first-order valence-corrected chi connectivity index (χ1v) is 13.0. The second-order valence-corrected chi connectivity index (χ2v) is 9.95. The lowest BCUT2D eigenvalue weighted by Crippen LogP contribution is -2.58. The number of nitrogens with zero attached hydrogens (tertiary/aromatic N) is 5. The van der Waals surface area contributed by atoms with Crippen LogP contribution in [0.5, 0.6) is 0 Å². The summed E-state index contributed by atoms with van der Waals surface area (Å²) in [5.74, 6) is 0.776. The number of carbonyl (C=O) groups is 1. The van der Waals surface area contributed by atoms with Crippen LogP contribution >= 0.6 is 11.8 Å². The first kappa shape index (κ1) is 22.5. The van der Waals surface area contributed by atoms with E-state index in [1.165, 1.54) is 76.2 Å². The zero-order valence-electron chi connectivity index (χ0n) is 19.2. The highest BCUT2D eigenvalue weighted by molar-refractivity contribution is 7.98. The number of amides is 1. The number of hydrogen-bond donors (Lipinski definition) is 1. The van der Waals surface area contributed by atoms with E-state index in [0.717, 1.165) is 28.7 Å². The number of rotatable bonds is 7. The summed E-state index contributed by atoms with van der Waals surface area (Å²) in [5.41, 5.74) is 3.24. The maximum absolute atomic E-state index is 12.8. The highest BCUT2D eigenvalue weighted by Crippen LogP contribution is 2.35. The zero-order valence-corrected chi connectivity index (χ0v) is 20.1. The van der Waals surface area contributed by atoms with E-state index in [1.807, 2.05) is 20.1 Å². The van der Waals surface area contributed by atoms with Gasteiger partial charge in [0.05, 0.1) is 0 Å². The van der Waals surface area contributed by atoms with Crippen molar-refractivity contribution in [2.45, 2.75) is 88.8 Å². The summed E-state index contributed by atoms with van der Waals surface area (Å²) in [4.78, 5) is 24.6. The Morgan fingerprint density at radius 1 is 1.06 bits per heavy atom. The summed E-state index contributed by atoms with van der Waals surface area (Å²) >= 11 is 1.51. The molecule has 7 nitrogen and oxygen atoms in total. The van der Waals surface area contributed by atoms with Crippen LogP contribution in [-0.2, 0) is 11.2 Å². The molecule has 0 aromatic carbocycles. The average molecular weight is 445 g/mol. The first-order chi connectivity index (χ1) is 15.0. The molecule has 31 heavy (non-hydrogen) atoms. The van der Waals surface area contributed by atoms with Crippen molar-refractivity contribution < 1.29 is 4.79 Å². The smallest absolute Gasteiger partial charge is 0.253 e. The number of hydrogen-bond acceptors (Lipinski definition) is 6. The Kier molecular flexibility index (Phi) is 7.16. The summed E-state index contributed by atoms with van der Waals surface area (Å²) < 4.78 is 1.81. The van der Waals surface area contributed by atoms with Crippen LogP contribution in [0, 0.1) is 13.8 Å². The highest BCUT2D eigenvalue weighted by atomic mass is 32.2. The Labute approximate surface area is 189 Å². The third-order valence-electron chi connectivity index (χ3n) is 7.24. The molecule has 2 fully saturated rings. The minimum Gasteiger partial charge on any atom is -0.354 e. The molecule has 1 aliphatic carbocycles. The first-order valence-electron chi connectivity index (χ1n) is 11.8. The molecular weight excluding hydrogens is 408 g/mol. The highest BCUT2D eigenvalue weighted by Gasteiger charge is 2.38. The van der Waals surface area contributed by atoms with E-state index >= 15 is 0 Å². The molecule has 0 spiro atoms. The molecule has 1 N–H and O–H groups in total. The summed E-state index contributed by atoms with van der Waals surface area (Å²) in [5, 5.41) is 8.55. The molecule has 1 amide bonds. The summed E-state index contributed by atoms with van der Waals surface area (Å²) in [6.45, 7) is 7.22. The van der Waals surface area contributed by atoms with Gasteiger partial charge in [0.2, 0.25) is 11.1 Å². The molecule has 4 rings (SSSR count). The molecule has 3 heterocycles. The number of nitrogens with one attached hydrogen (secondary N) is 1. The second kappa shape index (κ2) is 9.86. The number of aromatic nitrogens is 4. The average Bonchev–Trinajstić information content (AvgIpc) is 3.22. The number of aryl methyl sites for hydroxylation is 2. The van der Waals surface area contributed by atoms with Crippen molar-refractivity contribution in [1.82, 2.24) is 29.8 Å². The van der Waals surface area contributed by atoms with E-state index in [-0.39, 0.29) is 11.4 Å². The summed E-state index contributed by atoms with van der Waals surface area (Å²) in [6, 6.07) is 0. The predicted octanol–water partition coefficient (Wildman–Crippen LogP) is 3.70. The molecule has 0 bridgehead atoms. The van der Waals surface area contributed by atoms with Crippen molar-refractivity contribution >= 4 is 23.4 Å². The van der Waals surface area contributed by atoms with E-state index in [4.69, 9.17) is 0 Å². The number of fused-ring (bicyclic) bond motifs is 1. The van der Waals surface area contributed by atoms with Crippen molar-refractivity contribution in [2.24, 2.45) is 0 Å². The molecular formula is C23H36N6OS. The molecule has 170 valence electrons. The van der Waals surface area contributed by atoms with Gasteiger partial charge in [-0.1, -0.05) is 37.4 Å². The Hall–Kier alpha value is -1.67.